The molecule has 0 saturated heterocycles. The van der Waals surface area contributed by atoms with Gasteiger partial charge in [0.25, 0.3) is 0 Å². The monoisotopic (exact) mass is 272 g/mol. The fourth-order valence-corrected chi connectivity index (χ4v) is 2.91. The van der Waals surface area contributed by atoms with Crippen molar-refractivity contribution in [3.63, 3.8) is 0 Å². The van der Waals surface area contributed by atoms with E-state index in [4.69, 9.17) is 17.3 Å². The van der Waals surface area contributed by atoms with Crippen LogP contribution in [-0.4, -0.2) is 6.54 Å². The summed E-state index contributed by atoms with van der Waals surface area (Å²) in [6, 6.07) is 14.6. The molecule has 0 bridgehead atoms. The van der Waals surface area contributed by atoms with Crippen molar-refractivity contribution in [1.29, 1.82) is 0 Å². The van der Waals surface area contributed by atoms with Gasteiger partial charge < -0.3 is 10.6 Å². The molecule has 0 spiro atoms. The Morgan fingerprint density at radius 3 is 2.89 bits per heavy atom. The van der Waals surface area contributed by atoms with Crippen LogP contribution in [0.5, 0.6) is 0 Å². The molecule has 0 aliphatic carbocycles. The van der Waals surface area contributed by atoms with Gasteiger partial charge in [-0.3, -0.25) is 0 Å². The van der Waals surface area contributed by atoms with Gasteiger partial charge >= 0.3 is 0 Å². The maximum absolute atomic E-state index is 6.22. The molecule has 0 amide bonds. The molecule has 1 aliphatic rings. The van der Waals surface area contributed by atoms with E-state index in [0.29, 0.717) is 0 Å². The molecule has 3 heteroatoms. The molecule has 98 valence electrons. The molecule has 0 saturated carbocycles. The Morgan fingerprint density at radius 1 is 1.26 bits per heavy atom. The van der Waals surface area contributed by atoms with E-state index < -0.39 is 0 Å². The summed E-state index contributed by atoms with van der Waals surface area (Å²) >= 11 is 6.04. The van der Waals surface area contributed by atoms with Crippen molar-refractivity contribution in [3.8, 4) is 0 Å². The third kappa shape index (κ3) is 2.46. The molecular weight excluding hydrogens is 256 g/mol. The number of hydrogen-bond donors (Lipinski definition) is 1. The lowest BCUT2D eigenvalue weighted by Crippen LogP contribution is -2.23. The highest BCUT2D eigenvalue weighted by atomic mass is 35.5. The summed E-state index contributed by atoms with van der Waals surface area (Å²) in [7, 11) is 0. The number of halogens is 1. The van der Waals surface area contributed by atoms with E-state index >= 15 is 0 Å². The highest BCUT2D eigenvalue weighted by Gasteiger charge is 2.25. The van der Waals surface area contributed by atoms with Crippen molar-refractivity contribution >= 4 is 17.3 Å². The van der Waals surface area contributed by atoms with Crippen LogP contribution in [0.3, 0.4) is 0 Å². The average Bonchev–Trinajstić information content (AvgIpc) is 2.66. The highest BCUT2D eigenvalue weighted by molar-refractivity contribution is 6.30. The summed E-state index contributed by atoms with van der Waals surface area (Å²) in [6.45, 7) is 3.82. The summed E-state index contributed by atoms with van der Waals surface area (Å²) in [4.78, 5) is 2.32. The molecule has 0 radical (unpaired) electrons. The quantitative estimate of drug-likeness (QED) is 0.904. The van der Waals surface area contributed by atoms with E-state index in [1.165, 1.54) is 22.4 Å². The summed E-state index contributed by atoms with van der Waals surface area (Å²) in [6.07, 6.45) is 0. The van der Waals surface area contributed by atoms with Crippen molar-refractivity contribution in [2.75, 3.05) is 11.4 Å². The zero-order valence-corrected chi connectivity index (χ0v) is 11.7. The third-order valence-corrected chi connectivity index (χ3v) is 3.84. The molecule has 0 aromatic heterocycles. The number of nitrogens with zero attached hydrogens (tertiary/aromatic N) is 1. The number of fused-ring (bicyclic) bond motifs is 1. The van der Waals surface area contributed by atoms with E-state index in [2.05, 4.69) is 36.1 Å². The van der Waals surface area contributed by atoms with Gasteiger partial charge in [-0.15, -0.1) is 0 Å². The molecule has 2 aromatic carbocycles. The van der Waals surface area contributed by atoms with Gasteiger partial charge in [-0.05, 0) is 36.2 Å². The third-order valence-electron chi connectivity index (χ3n) is 3.60. The minimum atomic E-state index is 0.106. The molecule has 2 aromatic rings. The predicted molar refractivity (Wildman–Crippen MR) is 80.6 cm³/mol. The molecule has 1 atom stereocenters. The number of hydrogen-bond acceptors (Lipinski definition) is 2. The minimum absolute atomic E-state index is 0.106. The topological polar surface area (TPSA) is 29.3 Å². The maximum atomic E-state index is 6.22. The largest absolute Gasteiger partial charge is 0.365 e. The molecule has 0 unspecified atom stereocenters. The van der Waals surface area contributed by atoms with E-state index in [9.17, 15) is 0 Å². The first-order chi connectivity index (χ1) is 9.13. The van der Waals surface area contributed by atoms with Crippen molar-refractivity contribution < 1.29 is 0 Å². The van der Waals surface area contributed by atoms with Gasteiger partial charge in [0.15, 0.2) is 0 Å². The van der Waals surface area contributed by atoms with Crippen molar-refractivity contribution in [2.45, 2.75) is 19.5 Å². The van der Waals surface area contributed by atoms with Crippen molar-refractivity contribution in [2.24, 2.45) is 5.73 Å². The number of benzene rings is 2. The second kappa shape index (κ2) is 4.87. The molecule has 1 heterocycles. The zero-order valence-electron chi connectivity index (χ0n) is 10.9. The molecule has 0 fully saturated rings. The van der Waals surface area contributed by atoms with Gasteiger partial charge in [0.1, 0.15) is 0 Å². The lowest BCUT2D eigenvalue weighted by atomic mass is 10.1. The summed E-state index contributed by atoms with van der Waals surface area (Å²) in [5, 5.41) is 0.783. The van der Waals surface area contributed by atoms with E-state index in [1.54, 1.807) is 0 Å². The molecule has 1 aliphatic heterocycles. The zero-order chi connectivity index (χ0) is 13.4. The molecule has 2 nitrogen and oxygen atoms in total. The fourth-order valence-electron chi connectivity index (χ4n) is 2.70. The number of rotatable bonds is 2. The van der Waals surface area contributed by atoms with Crippen molar-refractivity contribution in [3.05, 3.63) is 64.2 Å². The second-order valence-electron chi connectivity index (χ2n) is 5.18. The smallest absolute Gasteiger partial charge is 0.0494 e. The Kier molecular flexibility index (Phi) is 3.21. The Balaban J connectivity index is 1.89. The Labute approximate surface area is 118 Å². The first kappa shape index (κ1) is 12.5. The maximum Gasteiger partial charge on any atom is 0.0494 e. The summed E-state index contributed by atoms with van der Waals surface area (Å²) in [5.41, 5.74) is 11.2. The van der Waals surface area contributed by atoms with Crippen LogP contribution in [0, 0.1) is 6.92 Å². The van der Waals surface area contributed by atoms with Crippen LogP contribution in [0.4, 0.5) is 5.69 Å². The first-order valence-corrected chi connectivity index (χ1v) is 6.87. The van der Waals surface area contributed by atoms with Crippen LogP contribution in [0.15, 0.2) is 42.5 Å². The average molecular weight is 273 g/mol. The number of anilines is 1. The number of nitrogens with two attached hydrogens (primary N) is 1. The summed E-state index contributed by atoms with van der Waals surface area (Å²) in [5.74, 6) is 0. The van der Waals surface area contributed by atoms with Crippen LogP contribution in [0.25, 0.3) is 0 Å². The van der Waals surface area contributed by atoms with Crippen molar-refractivity contribution in [1.82, 2.24) is 0 Å². The van der Waals surface area contributed by atoms with Gasteiger partial charge in [-0.25, -0.2) is 0 Å². The first-order valence-electron chi connectivity index (χ1n) is 6.49. The number of aryl methyl sites for hydroxylation is 1. The predicted octanol–water partition coefficient (Wildman–Crippen LogP) is 3.67. The van der Waals surface area contributed by atoms with E-state index in [-0.39, 0.29) is 6.04 Å². The van der Waals surface area contributed by atoms with Gasteiger partial charge in [-0.2, -0.15) is 0 Å². The van der Waals surface area contributed by atoms with Gasteiger partial charge in [0.2, 0.25) is 0 Å². The second-order valence-corrected chi connectivity index (χ2v) is 5.62. The van der Waals surface area contributed by atoms with E-state index in [0.717, 1.165) is 18.1 Å². The lowest BCUT2D eigenvalue weighted by molar-refractivity contribution is 0.720. The Morgan fingerprint density at radius 2 is 2.11 bits per heavy atom. The Hall–Kier alpha value is -1.51. The van der Waals surface area contributed by atoms with Gasteiger partial charge in [0, 0.05) is 29.8 Å². The highest BCUT2D eigenvalue weighted by Crippen LogP contribution is 2.35. The van der Waals surface area contributed by atoms with Gasteiger partial charge in [-0.1, -0.05) is 41.4 Å². The standard InChI is InChI=1S/C16H17ClN2/c1-11-5-6-16-14(7-11)15(18)10-19(16)9-12-3-2-4-13(17)8-12/h2-8,15H,9-10,18H2,1H3/t15-/m0/s1. The Bertz CT molecular complexity index is 609. The van der Waals surface area contributed by atoms with Crippen LogP contribution in [-0.2, 0) is 6.54 Å². The van der Waals surface area contributed by atoms with E-state index in [1.807, 2.05) is 18.2 Å². The minimum Gasteiger partial charge on any atom is -0.365 e. The molecule has 19 heavy (non-hydrogen) atoms. The van der Waals surface area contributed by atoms with Gasteiger partial charge in [0.05, 0.1) is 0 Å². The van der Waals surface area contributed by atoms with Crippen LogP contribution in [0.1, 0.15) is 22.7 Å². The molecular formula is C16H17ClN2. The lowest BCUT2D eigenvalue weighted by Gasteiger charge is -2.19. The van der Waals surface area contributed by atoms with Crippen LogP contribution in [0.2, 0.25) is 5.02 Å². The normalized spacial score (nSPS) is 17.6. The van der Waals surface area contributed by atoms with Crippen LogP contribution < -0.4 is 10.6 Å². The summed E-state index contributed by atoms with van der Waals surface area (Å²) < 4.78 is 0. The SMILES string of the molecule is Cc1ccc2c(c1)[C@@H](N)CN2Cc1cccc(Cl)c1. The molecule has 3 rings (SSSR count). The fraction of sp³-hybridized carbons (Fsp3) is 0.250. The molecule has 2 N–H and O–H groups in total. The van der Waals surface area contributed by atoms with Crippen LogP contribution >= 0.6 is 11.6 Å².